The molecular weight excluding hydrogens is 262 g/mol. The van der Waals surface area contributed by atoms with Gasteiger partial charge in [0.05, 0.1) is 6.04 Å². The van der Waals surface area contributed by atoms with E-state index in [0.717, 1.165) is 18.7 Å². The molecule has 3 N–H and O–H groups in total. The molecule has 0 aliphatic heterocycles. The topological polar surface area (TPSA) is 58.4 Å². The monoisotopic (exact) mass is 289 g/mol. The SMILES string of the molecule is CCC(C)NC(=O)C(C)N(Cc1ccc(N)cc1)C1CC1. The number of rotatable bonds is 7. The van der Waals surface area contributed by atoms with E-state index >= 15 is 0 Å². The summed E-state index contributed by atoms with van der Waals surface area (Å²) in [6.45, 7) is 6.95. The summed E-state index contributed by atoms with van der Waals surface area (Å²) >= 11 is 0. The Morgan fingerprint density at radius 2 is 1.95 bits per heavy atom. The highest BCUT2D eigenvalue weighted by molar-refractivity contribution is 5.81. The van der Waals surface area contributed by atoms with E-state index in [4.69, 9.17) is 5.73 Å². The first-order chi connectivity index (χ1) is 10.0. The van der Waals surface area contributed by atoms with Gasteiger partial charge in [0, 0.05) is 24.3 Å². The summed E-state index contributed by atoms with van der Waals surface area (Å²) in [4.78, 5) is 14.7. The lowest BCUT2D eigenvalue weighted by atomic mass is 10.1. The minimum Gasteiger partial charge on any atom is -0.399 e. The maximum absolute atomic E-state index is 12.4. The number of benzene rings is 1. The van der Waals surface area contributed by atoms with E-state index in [1.807, 2.05) is 38.1 Å². The van der Waals surface area contributed by atoms with E-state index in [1.54, 1.807) is 0 Å². The molecule has 1 aromatic rings. The minimum absolute atomic E-state index is 0.0935. The van der Waals surface area contributed by atoms with Gasteiger partial charge in [-0.15, -0.1) is 0 Å². The second-order valence-corrected chi connectivity index (χ2v) is 6.14. The Labute approximate surface area is 127 Å². The largest absolute Gasteiger partial charge is 0.399 e. The van der Waals surface area contributed by atoms with Crippen molar-refractivity contribution in [2.75, 3.05) is 5.73 Å². The smallest absolute Gasteiger partial charge is 0.237 e. The van der Waals surface area contributed by atoms with E-state index < -0.39 is 0 Å². The summed E-state index contributed by atoms with van der Waals surface area (Å²) in [5, 5.41) is 3.09. The van der Waals surface area contributed by atoms with E-state index in [0.29, 0.717) is 6.04 Å². The van der Waals surface area contributed by atoms with Crippen molar-refractivity contribution in [1.82, 2.24) is 10.2 Å². The number of nitrogens with one attached hydrogen (secondary N) is 1. The van der Waals surface area contributed by atoms with Crippen LogP contribution in [0.15, 0.2) is 24.3 Å². The van der Waals surface area contributed by atoms with Crippen molar-refractivity contribution < 1.29 is 4.79 Å². The molecule has 2 unspecified atom stereocenters. The van der Waals surface area contributed by atoms with Crippen molar-refractivity contribution >= 4 is 11.6 Å². The van der Waals surface area contributed by atoms with Gasteiger partial charge < -0.3 is 11.1 Å². The minimum atomic E-state index is -0.0935. The molecule has 1 aliphatic carbocycles. The van der Waals surface area contributed by atoms with Crippen LogP contribution in [-0.4, -0.2) is 28.9 Å². The van der Waals surface area contributed by atoms with Crippen molar-refractivity contribution in [3.63, 3.8) is 0 Å². The lowest BCUT2D eigenvalue weighted by Crippen LogP contribution is -2.48. The van der Waals surface area contributed by atoms with Crippen LogP contribution in [0.1, 0.15) is 45.6 Å². The Morgan fingerprint density at radius 1 is 1.33 bits per heavy atom. The van der Waals surface area contributed by atoms with Crippen molar-refractivity contribution in [2.45, 2.75) is 64.7 Å². The average molecular weight is 289 g/mol. The molecule has 0 aromatic heterocycles. The average Bonchev–Trinajstić information content (AvgIpc) is 3.30. The summed E-state index contributed by atoms with van der Waals surface area (Å²) in [6, 6.07) is 8.62. The van der Waals surface area contributed by atoms with Crippen LogP contribution in [0.2, 0.25) is 0 Å². The van der Waals surface area contributed by atoms with Crippen LogP contribution in [0.4, 0.5) is 5.69 Å². The van der Waals surface area contributed by atoms with Crippen molar-refractivity contribution in [3.05, 3.63) is 29.8 Å². The maximum atomic E-state index is 12.4. The number of nitrogens with two attached hydrogens (primary N) is 1. The van der Waals surface area contributed by atoms with E-state index in [-0.39, 0.29) is 18.0 Å². The summed E-state index contributed by atoms with van der Waals surface area (Å²) in [7, 11) is 0. The summed E-state index contributed by atoms with van der Waals surface area (Å²) in [6.07, 6.45) is 3.34. The number of carbonyl (C=O) groups excluding carboxylic acids is 1. The number of carbonyl (C=O) groups is 1. The molecule has 0 saturated heterocycles. The van der Waals surface area contributed by atoms with Crippen LogP contribution in [0.5, 0.6) is 0 Å². The van der Waals surface area contributed by atoms with Gasteiger partial charge in [-0.25, -0.2) is 0 Å². The third-order valence-corrected chi connectivity index (χ3v) is 4.24. The first-order valence-electron chi connectivity index (χ1n) is 7.91. The summed E-state index contributed by atoms with van der Waals surface area (Å²) in [5.41, 5.74) is 7.71. The molecular formula is C17H27N3O. The van der Waals surface area contributed by atoms with Crippen LogP contribution in [0, 0.1) is 0 Å². The van der Waals surface area contributed by atoms with Crippen LogP contribution < -0.4 is 11.1 Å². The molecule has 116 valence electrons. The normalized spacial score (nSPS) is 17.5. The van der Waals surface area contributed by atoms with E-state index in [9.17, 15) is 4.79 Å². The van der Waals surface area contributed by atoms with Crippen LogP contribution in [0.25, 0.3) is 0 Å². The first-order valence-corrected chi connectivity index (χ1v) is 7.91. The van der Waals surface area contributed by atoms with Crippen LogP contribution in [-0.2, 0) is 11.3 Å². The predicted molar refractivity (Wildman–Crippen MR) is 86.8 cm³/mol. The fourth-order valence-corrected chi connectivity index (χ4v) is 2.44. The van der Waals surface area contributed by atoms with Gasteiger partial charge >= 0.3 is 0 Å². The van der Waals surface area contributed by atoms with Gasteiger partial charge in [0.1, 0.15) is 0 Å². The predicted octanol–water partition coefficient (Wildman–Crippen LogP) is 2.54. The number of nitrogen functional groups attached to an aromatic ring is 1. The Balaban J connectivity index is 2.01. The third kappa shape index (κ3) is 4.46. The van der Waals surface area contributed by atoms with Gasteiger partial charge in [-0.3, -0.25) is 9.69 Å². The molecule has 2 atom stereocenters. The molecule has 0 spiro atoms. The highest BCUT2D eigenvalue weighted by Gasteiger charge is 2.35. The molecule has 21 heavy (non-hydrogen) atoms. The van der Waals surface area contributed by atoms with Gasteiger partial charge in [-0.1, -0.05) is 19.1 Å². The lowest BCUT2D eigenvalue weighted by molar-refractivity contribution is -0.127. The second kappa shape index (κ2) is 6.94. The molecule has 0 radical (unpaired) electrons. The molecule has 1 aromatic carbocycles. The Kier molecular flexibility index (Phi) is 5.23. The number of hydrogen-bond donors (Lipinski definition) is 2. The molecule has 1 saturated carbocycles. The first kappa shape index (κ1) is 15.8. The third-order valence-electron chi connectivity index (χ3n) is 4.24. The number of amides is 1. The molecule has 1 amide bonds. The van der Waals surface area contributed by atoms with Gasteiger partial charge in [-0.2, -0.15) is 0 Å². The van der Waals surface area contributed by atoms with Gasteiger partial charge in [-0.05, 0) is 50.8 Å². The molecule has 1 aliphatic rings. The Morgan fingerprint density at radius 3 is 2.48 bits per heavy atom. The van der Waals surface area contributed by atoms with Crippen molar-refractivity contribution in [3.8, 4) is 0 Å². The lowest BCUT2D eigenvalue weighted by Gasteiger charge is -2.29. The fraction of sp³-hybridized carbons (Fsp3) is 0.588. The molecule has 4 nitrogen and oxygen atoms in total. The number of anilines is 1. The fourth-order valence-electron chi connectivity index (χ4n) is 2.44. The highest BCUT2D eigenvalue weighted by atomic mass is 16.2. The van der Waals surface area contributed by atoms with Crippen molar-refractivity contribution in [2.24, 2.45) is 0 Å². The zero-order valence-electron chi connectivity index (χ0n) is 13.3. The standard InChI is InChI=1S/C17H27N3O/c1-4-12(2)19-17(21)13(3)20(16-9-10-16)11-14-5-7-15(18)8-6-14/h5-8,12-13,16H,4,9-11,18H2,1-3H3,(H,19,21). The van der Waals surface area contributed by atoms with Gasteiger partial charge in [0.25, 0.3) is 0 Å². The molecule has 2 rings (SSSR count). The molecule has 0 heterocycles. The zero-order chi connectivity index (χ0) is 15.4. The van der Waals surface area contributed by atoms with Gasteiger partial charge in [0.2, 0.25) is 5.91 Å². The summed E-state index contributed by atoms with van der Waals surface area (Å²) < 4.78 is 0. The number of hydrogen-bond acceptors (Lipinski definition) is 3. The summed E-state index contributed by atoms with van der Waals surface area (Å²) in [5.74, 6) is 0.131. The van der Waals surface area contributed by atoms with Crippen LogP contribution in [0.3, 0.4) is 0 Å². The van der Waals surface area contributed by atoms with Crippen LogP contribution >= 0.6 is 0 Å². The molecule has 4 heteroatoms. The quantitative estimate of drug-likeness (QED) is 0.758. The second-order valence-electron chi connectivity index (χ2n) is 6.14. The molecule has 1 fully saturated rings. The number of nitrogens with zero attached hydrogens (tertiary/aromatic N) is 1. The van der Waals surface area contributed by atoms with Crippen molar-refractivity contribution in [1.29, 1.82) is 0 Å². The maximum Gasteiger partial charge on any atom is 0.237 e. The van der Waals surface area contributed by atoms with E-state index in [1.165, 1.54) is 18.4 Å². The van der Waals surface area contributed by atoms with Gasteiger partial charge in [0.15, 0.2) is 0 Å². The van der Waals surface area contributed by atoms with E-state index in [2.05, 4.69) is 17.1 Å². The molecule has 0 bridgehead atoms. The zero-order valence-corrected chi connectivity index (χ0v) is 13.3. The Bertz CT molecular complexity index is 467. The Hall–Kier alpha value is -1.55. The highest BCUT2D eigenvalue weighted by Crippen LogP contribution is 2.30.